The lowest BCUT2D eigenvalue weighted by Gasteiger charge is -2.39. The number of ether oxygens (including phenoxy) is 1. The van der Waals surface area contributed by atoms with E-state index in [0.717, 1.165) is 148 Å². The third-order valence-corrected chi connectivity index (χ3v) is 11.3. The van der Waals surface area contributed by atoms with Crippen molar-refractivity contribution in [2.45, 2.75) is 124 Å². The van der Waals surface area contributed by atoms with Crippen LogP contribution >= 0.6 is 15.9 Å². The summed E-state index contributed by atoms with van der Waals surface area (Å²) in [5.74, 6) is -0.701. The standard InChI is InChI=1S/C43H67BrN4O6/c1-33-18-15-19-34(2)41(33)46-43(53)38-20-10-11-22-47(38)23-16-28-54-29-17-26-48(24-12-6-5-7-14-27-49,25-13-8-9-21-40(51)52)32-39(50)45-42-35(3)30-37(44)31-36(42)4/h15,18-19,30-31,38,49H,5-14,16-17,20-29,32H2,1-4H3,(H2-,45,46,50,51,52,53)/p+1. The van der Waals surface area contributed by atoms with Crippen LogP contribution in [0, 0.1) is 27.7 Å². The van der Waals surface area contributed by atoms with Crippen LogP contribution in [0.3, 0.4) is 0 Å². The number of piperidine rings is 1. The number of nitrogens with zero attached hydrogens (tertiary/aromatic N) is 2. The minimum atomic E-state index is -0.771. The van der Waals surface area contributed by atoms with E-state index in [0.29, 0.717) is 30.7 Å². The normalized spacial score (nSPS) is 15.9. The van der Waals surface area contributed by atoms with E-state index >= 15 is 0 Å². The van der Waals surface area contributed by atoms with Crippen LogP contribution in [0.4, 0.5) is 11.4 Å². The first kappa shape index (κ1) is 45.6. The Bertz CT molecular complexity index is 1430. The molecule has 3 rings (SSSR count). The maximum atomic E-state index is 13.8. The van der Waals surface area contributed by atoms with Crippen molar-refractivity contribution in [3.8, 4) is 0 Å². The molecule has 2 unspecified atom stereocenters. The van der Waals surface area contributed by atoms with E-state index in [1.165, 1.54) is 0 Å². The van der Waals surface area contributed by atoms with Crippen LogP contribution < -0.4 is 10.6 Å². The van der Waals surface area contributed by atoms with E-state index in [1.807, 2.05) is 58.0 Å². The number of carbonyl (C=O) groups is 3. The predicted octanol–water partition coefficient (Wildman–Crippen LogP) is 8.32. The number of quaternary nitrogens is 1. The van der Waals surface area contributed by atoms with Gasteiger partial charge >= 0.3 is 5.97 Å². The quantitative estimate of drug-likeness (QED) is 0.0556. The van der Waals surface area contributed by atoms with Gasteiger partial charge in [0.15, 0.2) is 6.54 Å². The summed E-state index contributed by atoms with van der Waals surface area (Å²) >= 11 is 3.56. The Kier molecular flexibility index (Phi) is 20.8. The summed E-state index contributed by atoms with van der Waals surface area (Å²) in [6, 6.07) is 9.99. The molecule has 11 heteroatoms. The van der Waals surface area contributed by atoms with Crippen molar-refractivity contribution in [2.75, 3.05) is 69.7 Å². The molecule has 1 heterocycles. The number of unbranched alkanes of at least 4 members (excludes halogenated alkanes) is 6. The van der Waals surface area contributed by atoms with E-state index in [1.54, 1.807) is 0 Å². The summed E-state index contributed by atoms with van der Waals surface area (Å²) in [4.78, 5) is 40.7. The van der Waals surface area contributed by atoms with Crippen LogP contribution in [-0.2, 0) is 19.1 Å². The Morgan fingerprint density at radius 2 is 1.39 bits per heavy atom. The fraction of sp³-hybridized carbons (Fsp3) is 0.651. The molecule has 1 fully saturated rings. The second-order valence-electron chi connectivity index (χ2n) is 15.5. The molecule has 0 radical (unpaired) electrons. The zero-order chi connectivity index (χ0) is 39.3. The number of carboxylic acid groups (broad SMARTS) is 1. The minimum absolute atomic E-state index is 0.00651. The number of hydrogen-bond donors (Lipinski definition) is 4. The molecule has 302 valence electrons. The molecule has 2 atom stereocenters. The van der Waals surface area contributed by atoms with Gasteiger partial charge in [-0.15, -0.1) is 0 Å². The second-order valence-corrected chi connectivity index (χ2v) is 16.4. The second kappa shape index (κ2) is 24.6. The fourth-order valence-electron chi connectivity index (χ4n) is 7.90. The van der Waals surface area contributed by atoms with Crippen molar-refractivity contribution >= 4 is 45.1 Å². The Hall–Kier alpha value is -2.83. The van der Waals surface area contributed by atoms with Gasteiger partial charge < -0.3 is 30.1 Å². The summed E-state index contributed by atoms with van der Waals surface area (Å²) in [6.07, 6.45) is 12.0. The number of halogens is 1. The van der Waals surface area contributed by atoms with E-state index in [4.69, 9.17) is 4.74 Å². The smallest absolute Gasteiger partial charge is 0.303 e. The lowest BCUT2D eigenvalue weighted by molar-refractivity contribution is -0.921. The summed E-state index contributed by atoms with van der Waals surface area (Å²) < 4.78 is 7.82. The van der Waals surface area contributed by atoms with Crippen LogP contribution in [0.25, 0.3) is 0 Å². The SMILES string of the molecule is Cc1cc(Br)cc(C)c1NC(=O)C[N+](CCCCCCCO)(CCCCCC(=O)O)CCCOCCCN1CCCCC1C(=O)Nc1c(C)cccc1C. The predicted molar refractivity (Wildman–Crippen MR) is 222 cm³/mol. The number of benzene rings is 2. The highest BCUT2D eigenvalue weighted by atomic mass is 79.9. The molecule has 1 aliphatic heterocycles. The van der Waals surface area contributed by atoms with Crippen LogP contribution in [-0.4, -0.2) is 103 Å². The number of carbonyl (C=O) groups excluding carboxylic acids is 2. The van der Waals surface area contributed by atoms with Crippen molar-refractivity contribution < 1.29 is 33.8 Å². The fourth-order valence-corrected chi connectivity index (χ4v) is 8.59. The molecule has 1 saturated heterocycles. The van der Waals surface area contributed by atoms with Gasteiger partial charge in [-0.3, -0.25) is 19.3 Å². The highest BCUT2D eigenvalue weighted by Gasteiger charge is 2.31. The molecule has 2 aromatic carbocycles. The van der Waals surface area contributed by atoms with Crippen LogP contribution in [0.1, 0.15) is 112 Å². The summed E-state index contributed by atoms with van der Waals surface area (Å²) in [6.45, 7) is 14.1. The molecule has 0 saturated carbocycles. The number of rotatable bonds is 26. The van der Waals surface area contributed by atoms with Crippen molar-refractivity contribution in [1.29, 1.82) is 0 Å². The Morgan fingerprint density at radius 1 is 0.796 bits per heavy atom. The molecule has 0 aromatic heterocycles. The first-order valence-electron chi connectivity index (χ1n) is 20.4. The Morgan fingerprint density at radius 3 is 2.06 bits per heavy atom. The number of nitrogens with one attached hydrogen (secondary N) is 2. The topological polar surface area (TPSA) is 128 Å². The zero-order valence-electron chi connectivity index (χ0n) is 33.5. The van der Waals surface area contributed by atoms with Crippen molar-refractivity contribution in [3.63, 3.8) is 0 Å². The lowest BCUT2D eigenvalue weighted by atomic mass is 10.0. The van der Waals surface area contributed by atoms with E-state index < -0.39 is 5.97 Å². The van der Waals surface area contributed by atoms with Gasteiger partial charge in [0, 0.05) is 48.4 Å². The molecule has 4 N–H and O–H groups in total. The van der Waals surface area contributed by atoms with E-state index in [9.17, 15) is 24.6 Å². The number of amides is 2. The van der Waals surface area contributed by atoms with Gasteiger partial charge in [0.25, 0.3) is 5.91 Å². The highest BCUT2D eigenvalue weighted by molar-refractivity contribution is 9.10. The molecule has 2 amide bonds. The number of hydrogen-bond acceptors (Lipinski definition) is 6. The largest absolute Gasteiger partial charge is 0.481 e. The Balaban J connectivity index is 1.60. The summed E-state index contributed by atoms with van der Waals surface area (Å²) in [7, 11) is 0. The van der Waals surface area contributed by atoms with Gasteiger partial charge in [0.05, 0.1) is 32.3 Å². The van der Waals surface area contributed by atoms with Crippen LogP contribution in [0.2, 0.25) is 0 Å². The maximum Gasteiger partial charge on any atom is 0.303 e. The van der Waals surface area contributed by atoms with Gasteiger partial charge in [-0.05, 0) is 126 Å². The van der Waals surface area contributed by atoms with Gasteiger partial charge in [-0.1, -0.05) is 53.4 Å². The number of carboxylic acids is 1. The number of aliphatic hydroxyl groups excluding tert-OH is 1. The zero-order valence-corrected chi connectivity index (χ0v) is 35.1. The average molecular weight is 817 g/mol. The third-order valence-electron chi connectivity index (χ3n) is 10.9. The summed E-state index contributed by atoms with van der Waals surface area (Å²) in [5, 5.41) is 24.9. The molecule has 0 bridgehead atoms. The Labute approximate surface area is 333 Å². The third kappa shape index (κ3) is 16.1. The molecule has 2 aromatic rings. The van der Waals surface area contributed by atoms with Crippen LogP contribution in [0.5, 0.6) is 0 Å². The molecule has 0 spiro atoms. The number of aliphatic carboxylic acids is 1. The molecular formula is C43H68BrN4O6+. The molecule has 10 nitrogen and oxygen atoms in total. The molecule has 1 aliphatic rings. The number of aliphatic hydroxyl groups is 1. The van der Waals surface area contributed by atoms with E-state index in [2.05, 4.69) is 31.5 Å². The summed E-state index contributed by atoms with van der Waals surface area (Å²) in [5.41, 5.74) is 5.95. The van der Waals surface area contributed by atoms with E-state index in [-0.39, 0.29) is 30.9 Å². The minimum Gasteiger partial charge on any atom is -0.481 e. The van der Waals surface area contributed by atoms with Crippen molar-refractivity contribution in [2.24, 2.45) is 0 Å². The monoisotopic (exact) mass is 815 g/mol. The van der Waals surface area contributed by atoms with Gasteiger partial charge in [0.2, 0.25) is 5.91 Å². The van der Waals surface area contributed by atoms with Gasteiger partial charge in [0.1, 0.15) is 0 Å². The first-order chi connectivity index (χ1) is 25.9. The number of likely N-dealkylation sites (tertiary alicyclic amines) is 1. The van der Waals surface area contributed by atoms with Crippen molar-refractivity contribution in [3.05, 3.63) is 57.1 Å². The number of aryl methyl sites for hydroxylation is 4. The van der Waals surface area contributed by atoms with Gasteiger partial charge in [-0.2, -0.15) is 0 Å². The highest BCUT2D eigenvalue weighted by Crippen LogP contribution is 2.26. The number of anilines is 2. The first-order valence-corrected chi connectivity index (χ1v) is 21.2. The molecular weight excluding hydrogens is 748 g/mol. The van der Waals surface area contributed by atoms with Gasteiger partial charge in [-0.25, -0.2) is 0 Å². The molecule has 54 heavy (non-hydrogen) atoms. The number of para-hydroxylation sites is 1. The maximum absolute atomic E-state index is 13.8. The van der Waals surface area contributed by atoms with Crippen molar-refractivity contribution in [1.82, 2.24) is 4.90 Å². The molecule has 0 aliphatic carbocycles. The lowest BCUT2D eigenvalue weighted by Crippen LogP contribution is -2.54. The van der Waals surface area contributed by atoms with Crippen LogP contribution in [0.15, 0.2) is 34.8 Å². The average Bonchev–Trinajstić information content (AvgIpc) is 3.12.